The summed E-state index contributed by atoms with van der Waals surface area (Å²) >= 11 is 0. The van der Waals surface area contributed by atoms with Crippen LogP contribution in [0, 0.1) is 18.3 Å². The Balaban J connectivity index is 1.72. The lowest BCUT2D eigenvalue weighted by atomic mass is 9.89. The molecule has 1 N–H and O–H groups in total. The monoisotopic (exact) mass is 272 g/mol. The van der Waals surface area contributed by atoms with Crippen LogP contribution in [0.15, 0.2) is 18.2 Å². The summed E-state index contributed by atoms with van der Waals surface area (Å²) in [5.74, 6) is 0.717. The van der Waals surface area contributed by atoms with Crippen molar-refractivity contribution in [3.63, 3.8) is 0 Å². The Labute approximate surface area is 119 Å². The van der Waals surface area contributed by atoms with Crippen LogP contribution in [-0.2, 0) is 4.74 Å². The van der Waals surface area contributed by atoms with Gasteiger partial charge in [-0.1, -0.05) is 12.1 Å². The third kappa shape index (κ3) is 2.52. The zero-order chi connectivity index (χ0) is 14.0. The van der Waals surface area contributed by atoms with Crippen LogP contribution < -0.4 is 10.1 Å². The Bertz CT molecular complexity index is 530. The molecule has 1 unspecified atom stereocenters. The minimum Gasteiger partial charge on any atom is -0.486 e. The van der Waals surface area contributed by atoms with Gasteiger partial charge in [0.1, 0.15) is 17.9 Å². The van der Waals surface area contributed by atoms with Gasteiger partial charge in [0.25, 0.3) is 0 Å². The van der Waals surface area contributed by atoms with Crippen LogP contribution in [0.5, 0.6) is 5.75 Å². The van der Waals surface area contributed by atoms with Crippen molar-refractivity contribution in [1.82, 2.24) is 5.32 Å². The maximum Gasteiger partial charge on any atom is 0.140 e. The van der Waals surface area contributed by atoms with Gasteiger partial charge in [-0.25, -0.2) is 0 Å². The number of aryl methyl sites for hydroxylation is 1. The normalized spacial score (nSPS) is 24.5. The first kappa shape index (κ1) is 13.4. The Hall–Kier alpha value is -1.57. The van der Waals surface area contributed by atoms with Crippen LogP contribution in [0.1, 0.15) is 30.4 Å². The first-order valence-electron chi connectivity index (χ1n) is 7.23. The lowest BCUT2D eigenvalue weighted by molar-refractivity contribution is -0.0205. The fourth-order valence-electron chi connectivity index (χ4n) is 3.17. The van der Waals surface area contributed by atoms with Crippen LogP contribution in [0.3, 0.4) is 0 Å². The number of nitriles is 1. The van der Waals surface area contributed by atoms with Crippen molar-refractivity contribution in [1.29, 1.82) is 5.26 Å². The van der Waals surface area contributed by atoms with E-state index in [1.54, 1.807) is 6.07 Å². The highest BCUT2D eigenvalue weighted by Gasteiger charge is 2.42. The zero-order valence-corrected chi connectivity index (χ0v) is 11.8. The molecule has 4 nitrogen and oxygen atoms in total. The van der Waals surface area contributed by atoms with Crippen molar-refractivity contribution in [2.45, 2.75) is 37.9 Å². The number of nitrogens with zero attached hydrogens (tertiary/aromatic N) is 1. The van der Waals surface area contributed by atoms with E-state index in [0.717, 1.165) is 43.7 Å². The van der Waals surface area contributed by atoms with Crippen molar-refractivity contribution >= 4 is 0 Å². The molecule has 0 aromatic heterocycles. The molecule has 3 rings (SSSR count). The molecule has 0 amide bonds. The Kier molecular flexibility index (Phi) is 3.64. The number of benzene rings is 1. The second kappa shape index (κ2) is 5.43. The molecule has 1 aromatic carbocycles. The van der Waals surface area contributed by atoms with E-state index in [0.29, 0.717) is 12.2 Å². The van der Waals surface area contributed by atoms with Gasteiger partial charge in [0.2, 0.25) is 0 Å². The van der Waals surface area contributed by atoms with E-state index in [9.17, 15) is 5.26 Å². The average molecular weight is 272 g/mol. The van der Waals surface area contributed by atoms with Gasteiger partial charge in [0.05, 0.1) is 17.8 Å². The Morgan fingerprint density at radius 2 is 2.20 bits per heavy atom. The fraction of sp³-hybridized carbons (Fsp3) is 0.562. The zero-order valence-electron chi connectivity index (χ0n) is 11.8. The molecular formula is C16H20N2O2. The molecule has 2 saturated heterocycles. The number of piperidine rings is 1. The molecular weight excluding hydrogens is 252 g/mol. The molecule has 2 fully saturated rings. The topological polar surface area (TPSA) is 54.3 Å². The van der Waals surface area contributed by atoms with Gasteiger partial charge in [-0.15, -0.1) is 0 Å². The molecule has 106 valence electrons. The second-order valence-electron chi connectivity index (χ2n) is 5.75. The van der Waals surface area contributed by atoms with Crippen molar-refractivity contribution in [3.8, 4) is 11.8 Å². The summed E-state index contributed by atoms with van der Waals surface area (Å²) in [6.45, 7) is 4.63. The van der Waals surface area contributed by atoms with Gasteiger partial charge < -0.3 is 14.8 Å². The van der Waals surface area contributed by atoms with Crippen molar-refractivity contribution in [3.05, 3.63) is 29.3 Å². The second-order valence-corrected chi connectivity index (χ2v) is 5.75. The van der Waals surface area contributed by atoms with Crippen molar-refractivity contribution in [2.75, 3.05) is 19.7 Å². The molecule has 2 aliphatic rings. The highest BCUT2D eigenvalue weighted by Crippen LogP contribution is 2.36. The molecule has 1 aromatic rings. The van der Waals surface area contributed by atoms with E-state index in [-0.39, 0.29) is 11.7 Å². The third-order valence-corrected chi connectivity index (χ3v) is 4.31. The standard InChI is InChI=1S/C16H20N2O2/c1-12-3-2-4-13(10-17)15(12)20-14-9-16(19-11-14)5-7-18-8-6-16/h2-4,14,18H,5-9,11H2,1H3. The summed E-state index contributed by atoms with van der Waals surface area (Å²) in [7, 11) is 0. The lowest BCUT2D eigenvalue weighted by Gasteiger charge is -2.32. The first-order chi connectivity index (χ1) is 9.72. The molecule has 0 aliphatic carbocycles. The molecule has 2 heterocycles. The summed E-state index contributed by atoms with van der Waals surface area (Å²) < 4.78 is 12.1. The van der Waals surface area contributed by atoms with Crippen molar-refractivity contribution < 1.29 is 9.47 Å². The number of hydrogen-bond donors (Lipinski definition) is 1. The SMILES string of the molecule is Cc1cccc(C#N)c1OC1COC2(CCNCC2)C1. The largest absolute Gasteiger partial charge is 0.486 e. The van der Waals surface area contributed by atoms with Crippen LogP contribution in [0.25, 0.3) is 0 Å². The molecule has 1 atom stereocenters. The highest BCUT2D eigenvalue weighted by molar-refractivity contribution is 5.48. The summed E-state index contributed by atoms with van der Waals surface area (Å²) in [5, 5.41) is 12.6. The number of hydrogen-bond acceptors (Lipinski definition) is 4. The van der Waals surface area contributed by atoms with E-state index in [1.807, 2.05) is 19.1 Å². The van der Waals surface area contributed by atoms with Crippen molar-refractivity contribution in [2.24, 2.45) is 0 Å². The number of ether oxygens (including phenoxy) is 2. The van der Waals surface area contributed by atoms with E-state index in [2.05, 4.69) is 11.4 Å². The van der Waals surface area contributed by atoms with E-state index >= 15 is 0 Å². The van der Waals surface area contributed by atoms with Crippen LogP contribution in [-0.4, -0.2) is 31.4 Å². The molecule has 0 bridgehead atoms. The van der Waals surface area contributed by atoms with E-state index < -0.39 is 0 Å². The molecule has 4 heteroatoms. The van der Waals surface area contributed by atoms with Gasteiger partial charge in [-0.3, -0.25) is 0 Å². The molecule has 20 heavy (non-hydrogen) atoms. The quantitative estimate of drug-likeness (QED) is 0.896. The van der Waals surface area contributed by atoms with Gasteiger partial charge in [0.15, 0.2) is 0 Å². The van der Waals surface area contributed by atoms with E-state index in [1.165, 1.54) is 0 Å². The molecule has 2 aliphatic heterocycles. The van der Waals surface area contributed by atoms with Gasteiger partial charge in [0, 0.05) is 6.42 Å². The number of rotatable bonds is 2. The van der Waals surface area contributed by atoms with Gasteiger partial charge in [-0.2, -0.15) is 5.26 Å². The maximum absolute atomic E-state index is 9.19. The smallest absolute Gasteiger partial charge is 0.140 e. The average Bonchev–Trinajstić information content (AvgIpc) is 2.84. The van der Waals surface area contributed by atoms with Gasteiger partial charge >= 0.3 is 0 Å². The molecule has 0 saturated carbocycles. The predicted octanol–water partition coefficient (Wildman–Crippen LogP) is 2.16. The Morgan fingerprint density at radius 1 is 1.40 bits per heavy atom. The Morgan fingerprint density at radius 3 is 2.95 bits per heavy atom. The predicted molar refractivity (Wildman–Crippen MR) is 75.7 cm³/mol. The summed E-state index contributed by atoms with van der Waals surface area (Å²) in [4.78, 5) is 0. The minimum absolute atomic E-state index is 0.00852. The summed E-state index contributed by atoms with van der Waals surface area (Å²) in [5.41, 5.74) is 1.61. The summed E-state index contributed by atoms with van der Waals surface area (Å²) in [6.07, 6.45) is 3.08. The molecule has 0 radical (unpaired) electrons. The molecule has 1 spiro atoms. The van der Waals surface area contributed by atoms with E-state index in [4.69, 9.17) is 9.47 Å². The van der Waals surface area contributed by atoms with Gasteiger partial charge in [-0.05, 0) is 44.5 Å². The summed E-state index contributed by atoms with van der Waals surface area (Å²) in [6, 6.07) is 7.88. The highest BCUT2D eigenvalue weighted by atomic mass is 16.6. The number of para-hydroxylation sites is 1. The maximum atomic E-state index is 9.19. The fourth-order valence-corrected chi connectivity index (χ4v) is 3.17. The van der Waals surface area contributed by atoms with Crippen LogP contribution in [0.2, 0.25) is 0 Å². The van der Waals surface area contributed by atoms with Crippen LogP contribution in [0.4, 0.5) is 0 Å². The lowest BCUT2D eigenvalue weighted by Crippen LogP contribution is -2.41. The number of nitrogens with one attached hydrogen (secondary N) is 1. The third-order valence-electron chi connectivity index (χ3n) is 4.31. The minimum atomic E-state index is -0.00852. The van der Waals surface area contributed by atoms with Crippen LogP contribution >= 0.6 is 0 Å². The first-order valence-corrected chi connectivity index (χ1v) is 7.23.